The van der Waals surface area contributed by atoms with Gasteiger partial charge in [0.25, 0.3) is 0 Å². The highest BCUT2D eigenvalue weighted by Crippen LogP contribution is 2.63. The number of hydrogen-bond acceptors (Lipinski definition) is 1. The fourth-order valence-corrected chi connectivity index (χ4v) is 1.35. The van der Waals surface area contributed by atoms with E-state index in [-0.39, 0.29) is 0 Å². The van der Waals surface area contributed by atoms with Gasteiger partial charge in [-0.2, -0.15) is 48.9 Å². The average molecular weight is 345 g/mol. The van der Waals surface area contributed by atoms with Crippen LogP contribution in [0.2, 0.25) is 0 Å². The lowest BCUT2D eigenvalue weighted by molar-refractivity contribution is -0.401. The van der Waals surface area contributed by atoms with Crippen LogP contribution in [-0.4, -0.2) is 41.6 Å². The highest BCUT2D eigenvalue weighted by molar-refractivity contribution is 6.00. The summed E-state index contributed by atoms with van der Waals surface area (Å²) in [5.41, 5.74) is -4.39. The minimum Gasteiger partial charge on any atom is -0.192 e. The third-order valence-corrected chi connectivity index (χ3v) is 2.41. The zero-order valence-corrected chi connectivity index (χ0v) is 8.86. The fourth-order valence-electron chi connectivity index (χ4n) is 1.35. The van der Waals surface area contributed by atoms with E-state index in [0.29, 0.717) is 4.99 Å². The van der Waals surface area contributed by atoms with Crippen LogP contribution in [0.1, 0.15) is 0 Å². The normalized spacial score (nSPS) is 29.1. The standard InChI is InChI=1S/C7F13N/c8-2(9)1(21-7(18,19)20)3(10,11)5(14,15)6(16,17)4(2,12)13. The molecule has 0 radical (unpaired) electrons. The van der Waals surface area contributed by atoms with Gasteiger partial charge in [0, 0.05) is 0 Å². The Labute approximate surface area is 105 Å². The molecule has 0 spiro atoms. The molecule has 0 aromatic carbocycles. The maximum atomic E-state index is 12.8. The minimum absolute atomic E-state index is 0.454. The molecule has 0 N–H and O–H groups in total. The summed E-state index contributed by atoms with van der Waals surface area (Å²) < 4.78 is 162. The van der Waals surface area contributed by atoms with Crippen LogP contribution in [0.15, 0.2) is 4.99 Å². The molecule has 1 aliphatic carbocycles. The average Bonchev–Trinajstić information content (AvgIpc) is 2.22. The third-order valence-electron chi connectivity index (χ3n) is 2.41. The van der Waals surface area contributed by atoms with Gasteiger partial charge in [-0.3, -0.25) is 0 Å². The Morgan fingerprint density at radius 2 is 0.857 bits per heavy atom. The van der Waals surface area contributed by atoms with Crippen LogP contribution >= 0.6 is 0 Å². The summed E-state index contributed by atoms with van der Waals surface area (Å²) in [5.74, 6) is -35.7. The quantitative estimate of drug-likeness (QED) is 0.462. The summed E-state index contributed by atoms with van der Waals surface area (Å²) in [4.78, 5) is 0.454. The van der Waals surface area contributed by atoms with Gasteiger partial charge >= 0.3 is 35.9 Å². The van der Waals surface area contributed by atoms with Crippen molar-refractivity contribution < 1.29 is 57.1 Å². The van der Waals surface area contributed by atoms with E-state index >= 15 is 0 Å². The number of alkyl halides is 13. The van der Waals surface area contributed by atoms with E-state index in [1.165, 1.54) is 0 Å². The first kappa shape index (κ1) is 17.8. The molecule has 1 saturated carbocycles. The van der Waals surface area contributed by atoms with Gasteiger partial charge in [-0.05, 0) is 0 Å². The summed E-state index contributed by atoms with van der Waals surface area (Å²) in [5, 5.41) is 0. The first-order valence-corrected chi connectivity index (χ1v) is 4.40. The van der Waals surface area contributed by atoms with Crippen molar-refractivity contribution in [3.63, 3.8) is 0 Å². The number of halogens is 13. The number of hydrogen-bond donors (Lipinski definition) is 0. The summed E-state index contributed by atoms with van der Waals surface area (Å²) in [6.45, 7) is 0. The number of nitrogens with zero attached hydrogens (tertiary/aromatic N) is 1. The molecule has 124 valence electrons. The summed E-state index contributed by atoms with van der Waals surface area (Å²) >= 11 is 0. The molecule has 0 saturated heterocycles. The molecule has 0 aromatic heterocycles. The Kier molecular flexibility index (Phi) is 3.34. The van der Waals surface area contributed by atoms with Crippen molar-refractivity contribution in [2.75, 3.05) is 0 Å². The molecule has 1 fully saturated rings. The van der Waals surface area contributed by atoms with E-state index in [1.54, 1.807) is 0 Å². The molecule has 0 unspecified atom stereocenters. The van der Waals surface area contributed by atoms with E-state index in [1.807, 2.05) is 0 Å². The van der Waals surface area contributed by atoms with Crippen molar-refractivity contribution in [1.29, 1.82) is 0 Å². The predicted molar refractivity (Wildman–Crippen MR) is 38.2 cm³/mol. The van der Waals surface area contributed by atoms with Crippen LogP contribution in [0, 0.1) is 0 Å². The van der Waals surface area contributed by atoms with Gasteiger partial charge in [-0.25, -0.2) is 0 Å². The first-order valence-electron chi connectivity index (χ1n) is 4.40. The van der Waals surface area contributed by atoms with Crippen LogP contribution in [-0.2, 0) is 0 Å². The second-order valence-corrected chi connectivity index (χ2v) is 3.80. The van der Waals surface area contributed by atoms with Crippen molar-refractivity contribution >= 4 is 5.71 Å². The van der Waals surface area contributed by atoms with Crippen LogP contribution < -0.4 is 0 Å². The monoisotopic (exact) mass is 345 g/mol. The van der Waals surface area contributed by atoms with E-state index in [9.17, 15) is 57.1 Å². The molecule has 0 heterocycles. The number of aliphatic imine (C=N–C) groups is 1. The molecule has 14 heteroatoms. The van der Waals surface area contributed by atoms with Crippen molar-refractivity contribution in [1.82, 2.24) is 0 Å². The van der Waals surface area contributed by atoms with Crippen LogP contribution in [0.3, 0.4) is 0 Å². The molecule has 0 bridgehead atoms. The van der Waals surface area contributed by atoms with Gasteiger partial charge < -0.3 is 0 Å². The fraction of sp³-hybridized carbons (Fsp3) is 0.857. The topological polar surface area (TPSA) is 12.4 Å². The largest absolute Gasteiger partial charge is 0.503 e. The molecule has 21 heavy (non-hydrogen) atoms. The third kappa shape index (κ3) is 1.97. The molecular formula is C7F13N. The van der Waals surface area contributed by atoms with E-state index < -0.39 is 41.6 Å². The molecule has 0 atom stereocenters. The number of rotatable bonds is 0. The van der Waals surface area contributed by atoms with Gasteiger partial charge in [0.15, 0.2) is 5.71 Å². The van der Waals surface area contributed by atoms with Gasteiger partial charge in [-0.1, -0.05) is 0 Å². The summed E-state index contributed by atoms with van der Waals surface area (Å²) in [7, 11) is 0. The Bertz CT molecular complexity index is 437. The van der Waals surface area contributed by atoms with Crippen molar-refractivity contribution in [2.45, 2.75) is 35.9 Å². The minimum atomic E-state index is -7.32. The molecule has 1 rings (SSSR count). The maximum Gasteiger partial charge on any atom is 0.503 e. The van der Waals surface area contributed by atoms with Gasteiger partial charge in [0.1, 0.15) is 0 Å². The lowest BCUT2D eigenvalue weighted by atomic mass is 9.81. The summed E-state index contributed by atoms with van der Waals surface area (Å²) in [6, 6.07) is 0. The second kappa shape index (κ2) is 3.94. The van der Waals surface area contributed by atoms with Crippen molar-refractivity contribution in [3.8, 4) is 0 Å². The highest BCUT2D eigenvalue weighted by Gasteiger charge is 2.95. The van der Waals surface area contributed by atoms with Crippen LogP contribution in [0.5, 0.6) is 0 Å². The Morgan fingerprint density at radius 3 is 1.10 bits per heavy atom. The SMILES string of the molecule is FC(F)(F)N=C1C(F)(F)C(F)(F)C(F)(F)C(F)(F)C1(F)F. The highest BCUT2D eigenvalue weighted by atomic mass is 19.4. The van der Waals surface area contributed by atoms with Crippen molar-refractivity contribution in [2.24, 2.45) is 4.99 Å². The Hall–Kier alpha value is -1.24. The van der Waals surface area contributed by atoms with E-state index in [0.717, 1.165) is 0 Å². The predicted octanol–water partition coefficient (Wildman–Crippen LogP) is 4.14. The van der Waals surface area contributed by atoms with Gasteiger partial charge in [0.05, 0.1) is 0 Å². The second-order valence-electron chi connectivity index (χ2n) is 3.80. The molecule has 0 amide bonds. The smallest absolute Gasteiger partial charge is 0.192 e. The molecule has 1 nitrogen and oxygen atoms in total. The zero-order valence-electron chi connectivity index (χ0n) is 8.86. The Balaban J connectivity index is 3.79. The van der Waals surface area contributed by atoms with Crippen molar-refractivity contribution in [3.05, 3.63) is 0 Å². The lowest BCUT2D eigenvalue weighted by Gasteiger charge is -2.45. The van der Waals surface area contributed by atoms with E-state index in [4.69, 9.17) is 0 Å². The Morgan fingerprint density at radius 1 is 0.571 bits per heavy atom. The molecule has 0 aromatic rings. The summed E-state index contributed by atoms with van der Waals surface area (Å²) in [6.07, 6.45) is -6.40. The van der Waals surface area contributed by atoms with E-state index in [2.05, 4.69) is 0 Å². The van der Waals surface area contributed by atoms with Crippen LogP contribution in [0.25, 0.3) is 0 Å². The molecule has 1 aliphatic rings. The van der Waals surface area contributed by atoms with Crippen LogP contribution in [0.4, 0.5) is 57.1 Å². The molecular weight excluding hydrogens is 345 g/mol. The molecule has 0 aliphatic heterocycles. The van der Waals surface area contributed by atoms with Gasteiger partial charge in [-0.15, -0.1) is 13.2 Å². The first-order chi connectivity index (χ1) is 8.84. The zero-order chi connectivity index (χ0) is 17.3. The lowest BCUT2D eigenvalue weighted by Crippen LogP contribution is -2.78. The maximum absolute atomic E-state index is 12.8. The van der Waals surface area contributed by atoms with Gasteiger partial charge in [0.2, 0.25) is 0 Å².